The van der Waals surface area contributed by atoms with Crippen molar-refractivity contribution in [1.29, 1.82) is 0 Å². The van der Waals surface area contributed by atoms with Gasteiger partial charge in [0, 0.05) is 10.7 Å². The van der Waals surface area contributed by atoms with E-state index in [-0.39, 0.29) is 11.5 Å². The van der Waals surface area contributed by atoms with E-state index in [9.17, 15) is 25.0 Å². The molecule has 0 unspecified atom stereocenters. The van der Waals surface area contributed by atoms with E-state index >= 15 is 0 Å². The van der Waals surface area contributed by atoms with Crippen LogP contribution in [0.3, 0.4) is 0 Å². The van der Waals surface area contributed by atoms with Gasteiger partial charge in [-0.05, 0) is 39.9 Å². The van der Waals surface area contributed by atoms with Gasteiger partial charge in [-0.2, -0.15) is 4.68 Å². The number of pyridine rings is 1. The minimum atomic E-state index is -0.962. The van der Waals surface area contributed by atoms with E-state index < -0.39 is 33.8 Å². The number of hydrogen-bond donors (Lipinski definition) is 1. The number of halogens is 1. The molecule has 0 fully saturated rings. The molecule has 0 aliphatic carbocycles. The molecule has 0 atom stereocenters. The van der Waals surface area contributed by atoms with E-state index in [2.05, 4.69) is 31.3 Å². The van der Waals surface area contributed by atoms with E-state index in [0.29, 0.717) is 0 Å². The zero-order valence-electron chi connectivity index (χ0n) is 11.6. The maximum atomic E-state index is 11.9. The molecule has 0 radical (unpaired) electrons. The highest BCUT2D eigenvalue weighted by Crippen LogP contribution is 2.29. The van der Waals surface area contributed by atoms with Crippen LogP contribution in [0.1, 0.15) is 5.69 Å². The van der Waals surface area contributed by atoms with Crippen LogP contribution in [0.4, 0.5) is 17.3 Å². The fourth-order valence-corrected chi connectivity index (χ4v) is 2.01. The molecule has 2 aromatic heterocycles. The van der Waals surface area contributed by atoms with Gasteiger partial charge in [0.15, 0.2) is 0 Å². The number of nitrogens with zero attached hydrogens (tertiary/aromatic N) is 5. The average molecular weight is 385 g/mol. The topological polar surface area (TPSA) is 146 Å². The van der Waals surface area contributed by atoms with Gasteiger partial charge in [0.25, 0.3) is 0 Å². The number of rotatable bonds is 5. The Hall–Kier alpha value is -2.89. The molecule has 1 N–H and O–H groups in total. The summed E-state index contributed by atoms with van der Waals surface area (Å²) in [4.78, 5) is 35.7. The number of nitro groups is 2. The van der Waals surface area contributed by atoms with Crippen LogP contribution >= 0.6 is 15.9 Å². The van der Waals surface area contributed by atoms with Crippen LogP contribution in [0, 0.1) is 27.2 Å². The molecule has 0 spiro atoms. The zero-order chi connectivity index (χ0) is 17.1. The van der Waals surface area contributed by atoms with Gasteiger partial charge in [0.05, 0.1) is 10.0 Å². The predicted molar refractivity (Wildman–Crippen MR) is 80.8 cm³/mol. The minimum absolute atomic E-state index is 0.0828. The molecule has 120 valence electrons. The monoisotopic (exact) mass is 384 g/mol. The van der Waals surface area contributed by atoms with Gasteiger partial charge < -0.3 is 15.4 Å². The van der Waals surface area contributed by atoms with Crippen LogP contribution in [-0.4, -0.2) is 30.5 Å². The number of carbonyl (C=O) groups is 1. The minimum Gasteiger partial charge on any atom is -0.358 e. The van der Waals surface area contributed by atoms with Gasteiger partial charge in [0.1, 0.15) is 18.1 Å². The summed E-state index contributed by atoms with van der Waals surface area (Å²) in [5.74, 6) is -1.20. The molecule has 11 nitrogen and oxygen atoms in total. The standard InChI is InChI=1S/C11H9BrN6O5/c1-6-10(17(20)21)11(18(22)23)15-16(6)5-9(19)14-8-3-2-7(12)4-13-8/h2-4H,5H2,1H3,(H,13,14,19). The first-order valence-electron chi connectivity index (χ1n) is 6.07. The Kier molecular flexibility index (Phi) is 4.64. The molecule has 2 rings (SSSR count). The van der Waals surface area contributed by atoms with Crippen molar-refractivity contribution in [3.05, 3.63) is 48.7 Å². The van der Waals surface area contributed by atoms with Gasteiger partial charge in [-0.25, -0.2) is 4.98 Å². The van der Waals surface area contributed by atoms with Crippen LogP contribution in [0.2, 0.25) is 0 Å². The Bertz CT molecular complexity index is 787. The average Bonchev–Trinajstić information content (AvgIpc) is 2.79. The van der Waals surface area contributed by atoms with E-state index in [1.54, 1.807) is 12.1 Å². The van der Waals surface area contributed by atoms with Gasteiger partial charge in [-0.1, -0.05) is 0 Å². The van der Waals surface area contributed by atoms with Gasteiger partial charge in [0.2, 0.25) is 5.91 Å². The zero-order valence-corrected chi connectivity index (χ0v) is 13.2. The van der Waals surface area contributed by atoms with Crippen LogP contribution in [0.15, 0.2) is 22.8 Å². The molecule has 0 aromatic carbocycles. The van der Waals surface area contributed by atoms with E-state index in [4.69, 9.17) is 0 Å². The Morgan fingerprint density at radius 1 is 1.35 bits per heavy atom. The Morgan fingerprint density at radius 2 is 2.04 bits per heavy atom. The lowest BCUT2D eigenvalue weighted by Crippen LogP contribution is -2.20. The summed E-state index contributed by atoms with van der Waals surface area (Å²) in [6.45, 7) is 0.863. The summed E-state index contributed by atoms with van der Waals surface area (Å²) in [5.41, 5.74) is -0.815. The third-order valence-corrected chi connectivity index (χ3v) is 3.27. The Morgan fingerprint density at radius 3 is 2.52 bits per heavy atom. The first-order valence-corrected chi connectivity index (χ1v) is 6.86. The first kappa shape index (κ1) is 16.5. The van der Waals surface area contributed by atoms with Gasteiger partial charge in [-0.3, -0.25) is 14.9 Å². The molecule has 0 aliphatic heterocycles. The summed E-state index contributed by atoms with van der Waals surface area (Å²) in [6, 6.07) is 3.21. The molecule has 0 bridgehead atoms. The Balaban J connectivity index is 2.21. The summed E-state index contributed by atoms with van der Waals surface area (Å²) in [6.07, 6.45) is 1.48. The van der Waals surface area contributed by atoms with Crippen molar-refractivity contribution >= 4 is 39.2 Å². The molecular formula is C11H9BrN6O5. The second kappa shape index (κ2) is 6.48. The van der Waals surface area contributed by atoms with Crippen LogP contribution in [0.5, 0.6) is 0 Å². The molecule has 2 aromatic rings. The summed E-state index contributed by atoms with van der Waals surface area (Å²) >= 11 is 3.20. The maximum Gasteiger partial charge on any atom is 0.468 e. The van der Waals surface area contributed by atoms with Crippen molar-refractivity contribution in [2.24, 2.45) is 0 Å². The van der Waals surface area contributed by atoms with Crippen LogP contribution < -0.4 is 5.32 Å². The number of nitrogens with one attached hydrogen (secondary N) is 1. The van der Waals surface area contributed by atoms with E-state index in [0.717, 1.165) is 9.15 Å². The molecule has 0 saturated heterocycles. The summed E-state index contributed by atoms with van der Waals surface area (Å²) in [7, 11) is 0. The molecule has 0 aliphatic rings. The predicted octanol–water partition coefficient (Wildman–Crippen LogP) is 1.80. The quantitative estimate of drug-likeness (QED) is 0.610. The molecule has 12 heteroatoms. The first-order chi connectivity index (χ1) is 10.8. The third-order valence-electron chi connectivity index (χ3n) is 2.80. The molecule has 0 saturated carbocycles. The van der Waals surface area contributed by atoms with Gasteiger partial charge in [-0.15, -0.1) is 0 Å². The second-order valence-corrected chi connectivity index (χ2v) is 5.26. The van der Waals surface area contributed by atoms with Crippen molar-refractivity contribution in [1.82, 2.24) is 14.8 Å². The highest BCUT2D eigenvalue weighted by atomic mass is 79.9. The third kappa shape index (κ3) is 3.66. The smallest absolute Gasteiger partial charge is 0.358 e. The number of hydrogen-bond acceptors (Lipinski definition) is 7. The van der Waals surface area contributed by atoms with E-state index in [1.165, 1.54) is 13.1 Å². The van der Waals surface area contributed by atoms with Crippen molar-refractivity contribution in [3.8, 4) is 0 Å². The molecule has 2 heterocycles. The number of anilines is 1. The van der Waals surface area contributed by atoms with Gasteiger partial charge >= 0.3 is 11.5 Å². The fraction of sp³-hybridized carbons (Fsp3) is 0.182. The number of carbonyl (C=O) groups excluding carboxylic acids is 1. The van der Waals surface area contributed by atoms with Crippen molar-refractivity contribution in [2.75, 3.05) is 5.32 Å². The lowest BCUT2D eigenvalue weighted by atomic mass is 10.4. The van der Waals surface area contributed by atoms with Crippen LogP contribution in [0.25, 0.3) is 0 Å². The number of aromatic nitrogens is 3. The van der Waals surface area contributed by atoms with Crippen molar-refractivity contribution in [3.63, 3.8) is 0 Å². The molecule has 1 amide bonds. The SMILES string of the molecule is Cc1c([N+](=O)[O-])c([N+](=O)[O-])nn1CC(=O)Nc1ccc(Br)cn1. The Labute approximate surface area is 136 Å². The van der Waals surface area contributed by atoms with E-state index in [1.807, 2.05) is 0 Å². The fourth-order valence-electron chi connectivity index (χ4n) is 1.78. The number of amides is 1. The van der Waals surface area contributed by atoms with Crippen molar-refractivity contribution < 1.29 is 14.6 Å². The molecular weight excluding hydrogens is 376 g/mol. The summed E-state index contributed by atoms with van der Waals surface area (Å²) in [5, 5.41) is 27.7. The molecule has 23 heavy (non-hydrogen) atoms. The highest BCUT2D eigenvalue weighted by Gasteiger charge is 2.35. The lowest BCUT2D eigenvalue weighted by Gasteiger charge is -2.03. The maximum absolute atomic E-state index is 11.9. The highest BCUT2D eigenvalue weighted by molar-refractivity contribution is 9.10. The largest absolute Gasteiger partial charge is 0.468 e. The van der Waals surface area contributed by atoms with Crippen molar-refractivity contribution in [2.45, 2.75) is 13.5 Å². The second-order valence-electron chi connectivity index (χ2n) is 4.34. The lowest BCUT2D eigenvalue weighted by molar-refractivity contribution is -0.424. The van der Waals surface area contributed by atoms with Crippen LogP contribution in [-0.2, 0) is 11.3 Å². The normalized spacial score (nSPS) is 10.3. The summed E-state index contributed by atoms with van der Waals surface area (Å²) < 4.78 is 1.63.